The van der Waals surface area contributed by atoms with E-state index in [1.807, 2.05) is 41.4 Å². The molecule has 5 heterocycles. The highest BCUT2D eigenvalue weighted by Crippen LogP contribution is 2.54. The van der Waals surface area contributed by atoms with Crippen molar-refractivity contribution in [2.75, 3.05) is 13.2 Å². The lowest BCUT2D eigenvalue weighted by molar-refractivity contribution is -0.148. The van der Waals surface area contributed by atoms with Crippen LogP contribution >= 0.6 is 0 Å². The zero-order valence-electron chi connectivity index (χ0n) is 33.1. The molecule has 1 spiro atoms. The third-order valence-electron chi connectivity index (χ3n) is 12.3. The Labute approximate surface area is 328 Å². The zero-order valence-corrected chi connectivity index (χ0v) is 33.1. The maximum atomic E-state index is 14.4. The maximum absolute atomic E-state index is 14.4. The number of unbranched alkanes of at least 4 members (excludes halogenated alkanes) is 2. The lowest BCUT2D eigenvalue weighted by atomic mass is 9.90. The largest absolute Gasteiger partial charge is 0.494 e. The first-order valence-electron chi connectivity index (χ1n) is 20.7. The van der Waals surface area contributed by atoms with E-state index in [2.05, 4.69) is 10.6 Å². The molecular formula is C43H57N5O8. The number of benzene rings is 1. The average Bonchev–Trinajstić information content (AvgIpc) is 3.63. The second kappa shape index (κ2) is 16.4. The van der Waals surface area contributed by atoms with Gasteiger partial charge in [0.2, 0.25) is 23.6 Å². The second-order valence-electron chi connectivity index (χ2n) is 17.5. The highest BCUT2D eigenvalue weighted by atomic mass is 16.6. The van der Waals surface area contributed by atoms with Gasteiger partial charge < -0.3 is 29.2 Å². The lowest BCUT2D eigenvalue weighted by Crippen LogP contribution is -2.57. The second-order valence-corrected chi connectivity index (χ2v) is 17.5. The molecule has 56 heavy (non-hydrogen) atoms. The van der Waals surface area contributed by atoms with Gasteiger partial charge in [-0.15, -0.1) is 0 Å². The van der Waals surface area contributed by atoms with Gasteiger partial charge in [0.15, 0.2) is 0 Å². The fourth-order valence-electron chi connectivity index (χ4n) is 9.27. The Balaban J connectivity index is 0.895. The minimum atomic E-state index is -0.722. The van der Waals surface area contributed by atoms with Gasteiger partial charge in [0.25, 0.3) is 5.56 Å². The van der Waals surface area contributed by atoms with Crippen LogP contribution in [0.1, 0.15) is 134 Å². The molecule has 1 aliphatic carbocycles. The molecule has 2 aromatic rings. The molecule has 5 fully saturated rings. The molecule has 7 rings (SSSR count). The topological polar surface area (TPSA) is 156 Å². The average molecular weight is 772 g/mol. The van der Waals surface area contributed by atoms with E-state index < -0.39 is 23.8 Å². The molecule has 1 unspecified atom stereocenters. The molecule has 5 aliphatic rings. The molecule has 0 radical (unpaired) electrons. The zero-order chi connectivity index (χ0) is 39.6. The van der Waals surface area contributed by atoms with E-state index in [-0.39, 0.29) is 52.6 Å². The van der Waals surface area contributed by atoms with Gasteiger partial charge in [-0.1, -0.05) is 25.0 Å². The molecule has 2 N–H and O–H groups in total. The number of aromatic nitrogens is 1. The highest BCUT2D eigenvalue weighted by Gasteiger charge is 2.58. The van der Waals surface area contributed by atoms with Gasteiger partial charge in [0.1, 0.15) is 23.4 Å². The summed E-state index contributed by atoms with van der Waals surface area (Å²) < 4.78 is 13.1. The number of rotatable bonds is 11. The molecule has 1 saturated carbocycles. The number of carbonyl (C=O) groups excluding carboxylic acids is 5. The maximum Gasteiger partial charge on any atom is 0.408 e. The molecule has 4 aliphatic heterocycles. The number of aryl methyl sites for hydroxylation is 1. The van der Waals surface area contributed by atoms with Crippen molar-refractivity contribution in [1.29, 1.82) is 0 Å². The molecule has 0 bridgehead atoms. The third-order valence-corrected chi connectivity index (χ3v) is 12.3. The normalized spacial score (nSPS) is 26.0. The van der Waals surface area contributed by atoms with Crippen LogP contribution in [0.3, 0.4) is 0 Å². The van der Waals surface area contributed by atoms with E-state index in [1.54, 1.807) is 36.3 Å². The summed E-state index contributed by atoms with van der Waals surface area (Å²) in [6, 6.07) is 9.95. The number of fused-ring (bicyclic) bond motifs is 1. The summed E-state index contributed by atoms with van der Waals surface area (Å²) in [6.45, 7) is 7.05. The van der Waals surface area contributed by atoms with E-state index in [9.17, 15) is 28.8 Å². The van der Waals surface area contributed by atoms with Crippen molar-refractivity contribution in [3.8, 4) is 5.75 Å². The van der Waals surface area contributed by atoms with Crippen molar-refractivity contribution in [3.05, 3.63) is 64.1 Å². The minimum absolute atomic E-state index is 0.000923. The van der Waals surface area contributed by atoms with Crippen molar-refractivity contribution in [2.24, 2.45) is 0 Å². The Hall–Kier alpha value is -4.68. The van der Waals surface area contributed by atoms with Crippen LogP contribution in [0.25, 0.3) is 0 Å². The Bertz CT molecular complexity index is 1860. The smallest absolute Gasteiger partial charge is 0.408 e. The van der Waals surface area contributed by atoms with E-state index >= 15 is 0 Å². The molecule has 5 amide bonds. The Kier molecular flexibility index (Phi) is 11.6. The van der Waals surface area contributed by atoms with Crippen LogP contribution in [0.2, 0.25) is 0 Å². The first kappa shape index (κ1) is 39.6. The van der Waals surface area contributed by atoms with Crippen LogP contribution in [0.15, 0.2) is 47.4 Å². The SMILES string of the molecule is CC(C)(C)OC(=O)N[C@H]1CCCC[C@H]2CC[C@@H](C(=O)N3C[C@@H](c4ccn(CCCCCOc5ccc(C6CCC(=O)NC6=O)cc5)c(=O)c4)CC34CC4)N2C1=O. The molecule has 1 aromatic carbocycles. The van der Waals surface area contributed by atoms with E-state index in [0.29, 0.717) is 45.4 Å². The minimum Gasteiger partial charge on any atom is -0.494 e. The Morgan fingerprint density at radius 1 is 0.911 bits per heavy atom. The van der Waals surface area contributed by atoms with Crippen LogP contribution in [-0.4, -0.2) is 86.5 Å². The fraction of sp³-hybridized carbons (Fsp3) is 0.628. The summed E-state index contributed by atoms with van der Waals surface area (Å²) in [5, 5.41) is 5.21. The number of pyridine rings is 1. The standard InChI is InChI=1S/C43H57N5O8/c1-42(2,3)56-41(54)44-34-10-6-5-9-31-13-17-35(48(31)39(34)52)40(53)47-27-30(26-43(47)20-21-43)29-19-23-46(37(50)25-29)22-7-4-8-24-55-32-14-11-28(12-15-32)33-16-18-36(49)45-38(33)51/h11-12,14-15,19,23,25,30-31,33-35H,4-10,13,16-18,20-22,24,26-27H2,1-3H3,(H,44,54)(H,45,49,51)/t30-,31-,33?,34-,35-/m0/s1. The first-order valence-corrected chi connectivity index (χ1v) is 20.7. The van der Waals surface area contributed by atoms with E-state index in [0.717, 1.165) is 81.1 Å². The van der Waals surface area contributed by atoms with Crippen LogP contribution in [0.4, 0.5) is 4.79 Å². The van der Waals surface area contributed by atoms with Crippen LogP contribution in [0.5, 0.6) is 5.75 Å². The quantitative estimate of drug-likeness (QED) is 0.231. The van der Waals surface area contributed by atoms with Gasteiger partial charge in [-0.05, 0) is 121 Å². The fourth-order valence-corrected chi connectivity index (χ4v) is 9.27. The summed E-state index contributed by atoms with van der Waals surface area (Å²) in [5.74, 6) is -0.191. The number of imide groups is 1. The number of nitrogens with one attached hydrogen (secondary N) is 2. The van der Waals surface area contributed by atoms with Crippen LogP contribution in [0, 0.1) is 0 Å². The summed E-state index contributed by atoms with van der Waals surface area (Å²) >= 11 is 0. The van der Waals surface area contributed by atoms with Crippen molar-refractivity contribution in [1.82, 2.24) is 25.0 Å². The Morgan fingerprint density at radius 3 is 2.39 bits per heavy atom. The number of amides is 5. The summed E-state index contributed by atoms with van der Waals surface area (Å²) in [5.41, 5.74) is 0.887. The molecule has 5 atom stereocenters. The predicted molar refractivity (Wildman–Crippen MR) is 208 cm³/mol. The molecule has 13 heteroatoms. The number of alkyl carbamates (subject to hydrolysis) is 1. The number of nitrogens with zero attached hydrogens (tertiary/aromatic N) is 3. The number of hydrogen-bond acceptors (Lipinski definition) is 8. The van der Waals surface area contributed by atoms with Crippen LogP contribution < -0.4 is 20.9 Å². The van der Waals surface area contributed by atoms with Crippen molar-refractivity contribution in [3.63, 3.8) is 0 Å². The first-order chi connectivity index (χ1) is 26.8. The van der Waals surface area contributed by atoms with Gasteiger partial charge in [0, 0.05) is 49.3 Å². The molecular weight excluding hydrogens is 714 g/mol. The number of piperidine rings is 1. The van der Waals surface area contributed by atoms with E-state index in [4.69, 9.17) is 9.47 Å². The number of hydrogen-bond donors (Lipinski definition) is 2. The molecule has 4 saturated heterocycles. The highest BCUT2D eigenvalue weighted by molar-refractivity contribution is 6.01. The van der Waals surface area contributed by atoms with Crippen molar-refractivity contribution < 1.29 is 33.4 Å². The van der Waals surface area contributed by atoms with Gasteiger partial charge in [-0.3, -0.25) is 29.3 Å². The van der Waals surface area contributed by atoms with Gasteiger partial charge in [-0.25, -0.2) is 4.79 Å². The van der Waals surface area contributed by atoms with Gasteiger partial charge in [-0.2, -0.15) is 0 Å². The van der Waals surface area contributed by atoms with Crippen molar-refractivity contribution >= 4 is 29.7 Å². The third kappa shape index (κ3) is 8.97. The van der Waals surface area contributed by atoms with Gasteiger partial charge in [0.05, 0.1) is 12.5 Å². The summed E-state index contributed by atoms with van der Waals surface area (Å²) in [4.78, 5) is 81.8. The summed E-state index contributed by atoms with van der Waals surface area (Å²) in [7, 11) is 0. The monoisotopic (exact) mass is 771 g/mol. The van der Waals surface area contributed by atoms with Crippen molar-refractivity contribution in [2.45, 2.75) is 158 Å². The predicted octanol–water partition coefficient (Wildman–Crippen LogP) is 5.29. The number of ether oxygens (including phenoxy) is 2. The number of carbonyl (C=O) groups is 5. The lowest BCUT2D eigenvalue weighted by Gasteiger charge is -2.37. The number of likely N-dealkylation sites (tertiary alicyclic amines) is 1. The molecule has 302 valence electrons. The molecule has 1 aromatic heterocycles. The van der Waals surface area contributed by atoms with Gasteiger partial charge >= 0.3 is 6.09 Å². The molecule has 13 nitrogen and oxygen atoms in total. The summed E-state index contributed by atoms with van der Waals surface area (Å²) in [6.07, 6.45) is 11.9. The Morgan fingerprint density at radius 2 is 1.68 bits per heavy atom. The van der Waals surface area contributed by atoms with E-state index in [1.165, 1.54) is 0 Å². The van der Waals surface area contributed by atoms with Crippen LogP contribution in [-0.2, 0) is 30.5 Å².